The van der Waals surface area contributed by atoms with E-state index in [4.69, 9.17) is 15.9 Å². The van der Waals surface area contributed by atoms with E-state index in [1.54, 1.807) is 13.8 Å². The average molecular weight is 154 g/mol. The topological polar surface area (TPSA) is 38.8 Å². The molecule has 0 N–H and O–H groups in total. The molecular formula is C8H10O3. The molecule has 0 spiro atoms. The number of epoxide rings is 1. The molecule has 1 saturated heterocycles. The summed E-state index contributed by atoms with van der Waals surface area (Å²) in [6, 6.07) is 0. The molecule has 0 radical (unpaired) electrons. The zero-order valence-corrected chi connectivity index (χ0v) is 6.59. The van der Waals surface area contributed by atoms with Crippen molar-refractivity contribution in [3.63, 3.8) is 0 Å². The van der Waals surface area contributed by atoms with Crippen LogP contribution in [0.1, 0.15) is 13.8 Å². The maximum absolute atomic E-state index is 11.1. The average Bonchev–Trinajstić information content (AvgIpc) is 2.63. The van der Waals surface area contributed by atoms with Crippen molar-refractivity contribution in [2.75, 3.05) is 6.61 Å². The molecule has 0 amide bonds. The SMILES string of the molecule is C#CC1(C(=O)OCC)OC1C. The van der Waals surface area contributed by atoms with Gasteiger partial charge in [-0.3, -0.25) is 0 Å². The molecule has 0 aliphatic carbocycles. The van der Waals surface area contributed by atoms with Crippen LogP contribution in [-0.4, -0.2) is 24.3 Å². The molecule has 0 aromatic carbocycles. The van der Waals surface area contributed by atoms with Crippen LogP contribution in [0.15, 0.2) is 0 Å². The van der Waals surface area contributed by atoms with Crippen LogP contribution in [-0.2, 0) is 14.3 Å². The van der Waals surface area contributed by atoms with Crippen molar-refractivity contribution in [3.8, 4) is 12.3 Å². The monoisotopic (exact) mass is 154 g/mol. The number of carbonyl (C=O) groups excluding carboxylic acids is 1. The maximum atomic E-state index is 11.1. The second-order valence-corrected chi connectivity index (χ2v) is 2.36. The first-order valence-corrected chi connectivity index (χ1v) is 3.50. The third kappa shape index (κ3) is 1.10. The summed E-state index contributed by atoms with van der Waals surface area (Å²) in [4.78, 5) is 11.1. The fourth-order valence-electron chi connectivity index (χ4n) is 0.908. The molecule has 0 aromatic rings. The molecule has 1 fully saturated rings. The zero-order chi connectivity index (χ0) is 8.48. The van der Waals surface area contributed by atoms with Crippen LogP contribution in [0.5, 0.6) is 0 Å². The van der Waals surface area contributed by atoms with Gasteiger partial charge in [-0.15, -0.1) is 6.42 Å². The lowest BCUT2D eigenvalue weighted by atomic mass is 10.1. The molecule has 1 heterocycles. The summed E-state index contributed by atoms with van der Waals surface area (Å²) in [5.74, 6) is 1.84. The van der Waals surface area contributed by atoms with E-state index in [1.807, 2.05) is 0 Å². The Morgan fingerprint density at radius 3 is 2.73 bits per heavy atom. The van der Waals surface area contributed by atoms with Crippen molar-refractivity contribution >= 4 is 5.97 Å². The van der Waals surface area contributed by atoms with Gasteiger partial charge in [0.2, 0.25) is 0 Å². The number of rotatable bonds is 2. The summed E-state index contributed by atoms with van der Waals surface area (Å²) in [6.07, 6.45) is 4.91. The lowest BCUT2D eigenvalue weighted by Gasteiger charge is -2.02. The summed E-state index contributed by atoms with van der Waals surface area (Å²) in [5, 5.41) is 0. The van der Waals surface area contributed by atoms with Gasteiger partial charge in [0.25, 0.3) is 5.60 Å². The third-order valence-electron chi connectivity index (χ3n) is 1.67. The summed E-state index contributed by atoms with van der Waals surface area (Å²) >= 11 is 0. The Labute approximate surface area is 65.7 Å². The molecule has 1 aliphatic rings. The van der Waals surface area contributed by atoms with Crippen LogP contribution in [0, 0.1) is 12.3 Å². The minimum absolute atomic E-state index is 0.202. The Hall–Kier alpha value is -1.01. The molecule has 3 heteroatoms. The Morgan fingerprint density at radius 1 is 1.91 bits per heavy atom. The molecule has 11 heavy (non-hydrogen) atoms. The molecule has 2 atom stereocenters. The van der Waals surface area contributed by atoms with Crippen LogP contribution >= 0.6 is 0 Å². The van der Waals surface area contributed by atoms with E-state index in [-0.39, 0.29) is 6.10 Å². The van der Waals surface area contributed by atoms with Crippen LogP contribution in [0.3, 0.4) is 0 Å². The van der Waals surface area contributed by atoms with Gasteiger partial charge in [0.15, 0.2) is 0 Å². The number of terminal acetylenes is 1. The highest BCUT2D eigenvalue weighted by Gasteiger charge is 2.60. The number of hydrogen-bond acceptors (Lipinski definition) is 3. The summed E-state index contributed by atoms with van der Waals surface area (Å²) < 4.78 is 9.68. The third-order valence-corrected chi connectivity index (χ3v) is 1.67. The van der Waals surface area contributed by atoms with E-state index < -0.39 is 11.6 Å². The van der Waals surface area contributed by atoms with Crippen LogP contribution < -0.4 is 0 Å². The van der Waals surface area contributed by atoms with Crippen LogP contribution in [0.4, 0.5) is 0 Å². The number of ether oxygens (including phenoxy) is 2. The van der Waals surface area contributed by atoms with Crippen LogP contribution in [0.25, 0.3) is 0 Å². The fourth-order valence-corrected chi connectivity index (χ4v) is 0.908. The molecule has 0 aromatic heterocycles. The fraction of sp³-hybridized carbons (Fsp3) is 0.625. The number of esters is 1. The largest absolute Gasteiger partial charge is 0.463 e. The maximum Gasteiger partial charge on any atom is 0.354 e. The second kappa shape index (κ2) is 2.55. The first-order chi connectivity index (χ1) is 5.17. The Morgan fingerprint density at radius 2 is 2.45 bits per heavy atom. The Balaban J connectivity index is 2.60. The minimum atomic E-state index is -1.07. The van der Waals surface area contributed by atoms with Crippen molar-refractivity contribution in [1.29, 1.82) is 0 Å². The lowest BCUT2D eigenvalue weighted by molar-refractivity contribution is -0.147. The Kier molecular flexibility index (Phi) is 1.88. The molecule has 0 bridgehead atoms. The minimum Gasteiger partial charge on any atom is -0.463 e. The predicted molar refractivity (Wildman–Crippen MR) is 38.7 cm³/mol. The highest BCUT2D eigenvalue weighted by molar-refractivity contribution is 5.87. The van der Waals surface area contributed by atoms with Crippen molar-refractivity contribution < 1.29 is 14.3 Å². The predicted octanol–water partition coefficient (Wildman–Crippen LogP) is 0.340. The second-order valence-electron chi connectivity index (χ2n) is 2.36. The molecule has 0 saturated carbocycles. The first kappa shape index (κ1) is 8.09. The van der Waals surface area contributed by atoms with Gasteiger partial charge in [0.1, 0.15) is 6.10 Å². The van der Waals surface area contributed by atoms with Crippen molar-refractivity contribution in [2.24, 2.45) is 0 Å². The molecule has 1 aliphatic heterocycles. The van der Waals surface area contributed by atoms with E-state index in [2.05, 4.69) is 5.92 Å². The van der Waals surface area contributed by atoms with E-state index >= 15 is 0 Å². The van der Waals surface area contributed by atoms with Gasteiger partial charge in [-0.2, -0.15) is 0 Å². The molecule has 1 rings (SSSR count). The van der Waals surface area contributed by atoms with E-state index in [0.29, 0.717) is 6.61 Å². The number of hydrogen-bond donors (Lipinski definition) is 0. The van der Waals surface area contributed by atoms with E-state index in [0.717, 1.165) is 0 Å². The van der Waals surface area contributed by atoms with Crippen molar-refractivity contribution in [3.05, 3.63) is 0 Å². The van der Waals surface area contributed by atoms with E-state index in [9.17, 15) is 4.79 Å². The standard InChI is InChI=1S/C8H10O3/c1-4-8(6(3)11-8)7(9)10-5-2/h1,6H,5H2,2-3H3. The van der Waals surface area contributed by atoms with Gasteiger partial charge < -0.3 is 9.47 Å². The molecule has 60 valence electrons. The quantitative estimate of drug-likeness (QED) is 0.327. The molecule has 2 unspecified atom stereocenters. The Bertz CT molecular complexity index is 216. The van der Waals surface area contributed by atoms with Gasteiger partial charge in [-0.1, -0.05) is 5.92 Å². The first-order valence-electron chi connectivity index (χ1n) is 3.50. The van der Waals surface area contributed by atoms with Gasteiger partial charge >= 0.3 is 5.97 Å². The van der Waals surface area contributed by atoms with Crippen molar-refractivity contribution in [2.45, 2.75) is 25.6 Å². The number of carbonyl (C=O) groups is 1. The van der Waals surface area contributed by atoms with Gasteiger partial charge in [-0.25, -0.2) is 4.79 Å². The highest BCUT2D eigenvalue weighted by atomic mass is 16.7. The summed E-state index contributed by atoms with van der Waals surface area (Å²) in [6.45, 7) is 3.81. The normalized spacial score (nSPS) is 34.1. The lowest BCUT2D eigenvalue weighted by Crippen LogP contribution is -2.27. The zero-order valence-electron chi connectivity index (χ0n) is 6.59. The smallest absolute Gasteiger partial charge is 0.354 e. The molecular weight excluding hydrogens is 144 g/mol. The summed E-state index contributed by atoms with van der Waals surface area (Å²) in [7, 11) is 0. The van der Waals surface area contributed by atoms with Crippen molar-refractivity contribution in [1.82, 2.24) is 0 Å². The van der Waals surface area contributed by atoms with Gasteiger partial charge in [-0.05, 0) is 13.8 Å². The van der Waals surface area contributed by atoms with Crippen LogP contribution in [0.2, 0.25) is 0 Å². The highest BCUT2D eigenvalue weighted by Crippen LogP contribution is 2.36. The van der Waals surface area contributed by atoms with Gasteiger partial charge in [0, 0.05) is 0 Å². The molecule has 3 nitrogen and oxygen atoms in total. The van der Waals surface area contributed by atoms with Gasteiger partial charge in [0.05, 0.1) is 6.61 Å². The summed E-state index contributed by atoms with van der Waals surface area (Å²) in [5.41, 5.74) is -1.07. The van der Waals surface area contributed by atoms with E-state index in [1.165, 1.54) is 0 Å².